The van der Waals surface area contributed by atoms with Gasteiger partial charge in [-0.15, -0.1) is 0 Å². The molecule has 1 fully saturated rings. The first-order chi connectivity index (χ1) is 14.1. The number of fused-ring (bicyclic) bond motifs is 2. The zero-order chi connectivity index (χ0) is 21.7. The lowest BCUT2D eigenvalue weighted by Crippen LogP contribution is -2.41. The van der Waals surface area contributed by atoms with Gasteiger partial charge in [0, 0.05) is 5.69 Å². The number of carbonyl (C=O) groups excluding carboxylic acids is 1. The summed E-state index contributed by atoms with van der Waals surface area (Å²) in [6.45, 7) is 0. The van der Waals surface area contributed by atoms with E-state index in [0.717, 1.165) is 12.1 Å². The average molecular weight is 423 g/mol. The van der Waals surface area contributed by atoms with Crippen LogP contribution in [0.15, 0.2) is 36.4 Å². The van der Waals surface area contributed by atoms with Crippen LogP contribution in [0.4, 0.5) is 23.2 Å². The van der Waals surface area contributed by atoms with Crippen molar-refractivity contribution in [2.75, 3.05) is 5.32 Å². The van der Waals surface area contributed by atoms with Crippen LogP contribution in [0.25, 0.3) is 0 Å². The topological polar surface area (TPSA) is 75.6 Å². The van der Waals surface area contributed by atoms with Crippen molar-refractivity contribution in [1.29, 1.82) is 0 Å². The van der Waals surface area contributed by atoms with Crippen LogP contribution in [0.1, 0.15) is 47.2 Å². The molecule has 4 rings (SSSR count). The summed E-state index contributed by atoms with van der Waals surface area (Å²) in [6.07, 6.45) is -3.80. The van der Waals surface area contributed by atoms with Crippen molar-refractivity contribution in [2.24, 2.45) is 0 Å². The number of carboxylic acid groups (broad SMARTS) is 1. The van der Waals surface area contributed by atoms with E-state index in [1.807, 2.05) is 0 Å². The van der Waals surface area contributed by atoms with E-state index >= 15 is 0 Å². The normalized spacial score (nSPS) is 23.2. The summed E-state index contributed by atoms with van der Waals surface area (Å²) >= 11 is 0. The molecule has 1 aliphatic carbocycles. The number of benzene rings is 2. The number of amides is 1. The second-order valence-electron chi connectivity index (χ2n) is 7.56. The lowest BCUT2D eigenvalue weighted by atomic mass is 9.69. The summed E-state index contributed by atoms with van der Waals surface area (Å²) < 4.78 is 57.8. The minimum atomic E-state index is -4.83. The highest BCUT2D eigenvalue weighted by atomic mass is 19.4. The number of halogens is 4. The molecule has 2 N–H and O–H groups in total. The molecule has 158 valence electrons. The summed E-state index contributed by atoms with van der Waals surface area (Å²) in [6, 6.07) is 6.97. The fourth-order valence-electron chi connectivity index (χ4n) is 4.23. The molecule has 0 aromatic heterocycles. The maximum atomic E-state index is 13.5. The van der Waals surface area contributed by atoms with E-state index in [0.29, 0.717) is 43.0 Å². The average Bonchev–Trinajstić information content (AvgIpc) is 2.95. The fourth-order valence-corrected chi connectivity index (χ4v) is 4.23. The molecule has 0 atom stereocenters. The molecule has 30 heavy (non-hydrogen) atoms. The fraction of sp³-hybridized carbons (Fsp3) is 0.333. The highest BCUT2D eigenvalue weighted by molar-refractivity contribution is 6.07. The molecule has 0 bridgehead atoms. The van der Waals surface area contributed by atoms with Crippen LogP contribution >= 0.6 is 0 Å². The van der Waals surface area contributed by atoms with Gasteiger partial charge in [0.1, 0.15) is 11.6 Å². The molecule has 2 aromatic rings. The van der Waals surface area contributed by atoms with Gasteiger partial charge in [-0.25, -0.2) is 9.18 Å². The van der Waals surface area contributed by atoms with Crippen LogP contribution in [0, 0.1) is 5.82 Å². The third-order valence-corrected chi connectivity index (χ3v) is 5.80. The number of ether oxygens (including phenoxy) is 1. The molecular weight excluding hydrogens is 406 g/mol. The molecule has 1 saturated carbocycles. The van der Waals surface area contributed by atoms with Crippen molar-refractivity contribution in [2.45, 2.75) is 43.4 Å². The number of rotatable bonds is 3. The molecule has 2 aliphatic rings. The Balaban J connectivity index is 1.52. The number of anilines is 1. The molecule has 5 nitrogen and oxygen atoms in total. The SMILES string of the molecule is O=C(O)c1ccc2c(c1)C1(CCC(Oc3ccc(F)c(C(F)(F)F)c3)CC1)C(=O)N2. The maximum absolute atomic E-state index is 13.5. The number of carboxylic acids is 1. The smallest absolute Gasteiger partial charge is 0.419 e. The van der Waals surface area contributed by atoms with Crippen molar-refractivity contribution < 1.29 is 37.0 Å². The van der Waals surface area contributed by atoms with E-state index < -0.39 is 35.0 Å². The maximum Gasteiger partial charge on any atom is 0.419 e. The Labute approximate surface area is 168 Å². The minimum Gasteiger partial charge on any atom is -0.490 e. The predicted molar refractivity (Wildman–Crippen MR) is 98.0 cm³/mol. The van der Waals surface area contributed by atoms with E-state index in [1.165, 1.54) is 12.1 Å². The molecule has 1 aliphatic heterocycles. The molecule has 1 heterocycles. The molecule has 1 amide bonds. The predicted octanol–water partition coefficient (Wildman–Crippen LogP) is 4.75. The second-order valence-corrected chi connectivity index (χ2v) is 7.56. The number of hydrogen-bond donors (Lipinski definition) is 2. The Morgan fingerprint density at radius 2 is 1.83 bits per heavy atom. The summed E-state index contributed by atoms with van der Waals surface area (Å²) in [7, 11) is 0. The second kappa shape index (κ2) is 7.00. The van der Waals surface area contributed by atoms with Crippen molar-refractivity contribution >= 4 is 17.6 Å². The monoisotopic (exact) mass is 423 g/mol. The van der Waals surface area contributed by atoms with Gasteiger partial charge in [0.2, 0.25) is 5.91 Å². The summed E-state index contributed by atoms with van der Waals surface area (Å²) in [4.78, 5) is 24.0. The first-order valence-corrected chi connectivity index (χ1v) is 9.33. The van der Waals surface area contributed by atoms with Crippen molar-refractivity contribution in [3.8, 4) is 5.75 Å². The van der Waals surface area contributed by atoms with E-state index in [1.54, 1.807) is 6.07 Å². The molecule has 2 aromatic carbocycles. The number of hydrogen-bond acceptors (Lipinski definition) is 3. The van der Waals surface area contributed by atoms with Crippen molar-refractivity contribution in [3.05, 3.63) is 58.9 Å². The summed E-state index contributed by atoms with van der Waals surface area (Å²) in [5.74, 6) is -2.78. The van der Waals surface area contributed by atoms with Gasteiger partial charge in [0.05, 0.1) is 22.6 Å². The molecule has 9 heteroatoms. The van der Waals surface area contributed by atoms with Gasteiger partial charge in [0.25, 0.3) is 0 Å². The highest BCUT2D eigenvalue weighted by Gasteiger charge is 2.49. The summed E-state index contributed by atoms with van der Waals surface area (Å²) in [5.41, 5.74) is -1.02. The summed E-state index contributed by atoms with van der Waals surface area (Å²) in [5, 5.41) is 12.0. The third-order valence-electron chi connectivity index (χ3n) is 5.80. The zero-order valence-electron chi connectivity index (χ0n) is 15.6. The molecule has 0 saturated heterocycles. The molecule has 1 spiro atoms. The van der Waals surface area contributed by atoms with Crippen LogP contribution in [-0.2, 0) is 16.4 Å². The number of carbonyl (C=O) groups is 2. The Morgan fingerprint density at radius 3 is 2.47 bits per heavy atom. The van der Waals surface area contributed by atoms with Crippen LogP contribution in [0.3, 0.4) is 0 Å². The van der Waals surface area contributed by atoms with Crippen LogP contribution in [0.5, 0.6) is 5.75 Å². The lowest BCUT2D eigenvalue weighted by Gasteiger charge is -2.35. The van der Waals surface area contributed by atoms with Gasteiger partial charge in [-0.05, 0) is 67.6 Å². The Morgan fingerprint density at radius 1 is 1.13 bits per heavy atom. The Kier molecular flexibility index (Phi) is 4.71. The van der Waals surface area contributed by atoms with Gasteiger partial charge in [0.15, 0.2) is 0 Å². The zero-order valence-corrected chi connectivity index (χ0v) is 15.6. The van der Waals surface area contributed by atoms with Gasteiger partial charge in [-0.1, -0.05) is 0 Å². The van der Waals surface area contributed by atoms with Crippen molar-refractivity contribution in [3.63, 3.8) is 0 Å². The minimum absolute atomic E-state index is 0.0778. The molecule has 0 radical (unpaired) electrons. The van der Waals surface area contributed by atoms with E-state index in [9.17, 15) is 32.3 Å². The Bertz CT molecular complexity index is 1030. The number of nitrogens with one attached hydrogen (secondary N) is 1. The van der Waals surface area contributed by atoms with Gasteiger partial charge in [-0.3, -0.25) is 4.79 Å². The van der Waals surface area contributed by atoms with Crippen molar-refractivity contribution in [1.82, 2.24) is 0 Å². The third kappa shape index (κ3) is 3.38. The standard InChI is InChI=1S/C21H17F4NO4/c22-16-3-2-13(10-14(16)21(23,24)25)30-12-5-7-20(8-6-12)15-9-11(18(27)28)1-4-17(15)26-19(20)29/h1-4,9-10,12H,5-8H2,(H,26,29)(H,27,28). The van der Waals surface area contributed by atoms with Gasteiger partial charge in [-0.2, -0.15) is 13.2 Å². The van der Waals surface area contributed by atoms with Crippen LogP contribution in [-0.4, -0.2) is 23.1 Å². The van der Waals surface area contributed by atoms with E-state index in [4.69, 9.17) is 4.74 Å². The Hall–Kier alpha value is -3.10. The first kappa shape index (κ1) is 20.2. The molecular formula is C21H17F4NO4. The lowest BCUT2D eigenvalue weighted by molar-refractivity contribution is -0.140. The highest BCUT2D eigenvalue weighted by Crippen LogP contribution is 2.48. The van der Waals surface area contributed by atoms with E-state index in [-0.39, 0.29) is 17.2 Å². The van der Waals surface area contributed by atoms with E-state index in [2.05, 4.69) is 5.32 Å². The quantitative estimate of drug-likeness (QED) is 0.699. The van der Waals surface area contributed by atoms with Crippen LogP contribution in [0.2, 0.25) is 0 Å². The largest absolute Gasteiger partial charge is 0.490 e. The first-order valence-electron chi connectivity index (χ1n) is 9.33. The van der Waals surface area contributed by atoms with Crippen LogP contribution < -0.4 is 10.1 Å². The number of alkyl halides is 3. The number of aromatic carboxylic acids is 1. The van der Waals surface area contributed by atoms with Gasteiger partial charge < -0.3 is 15.2 Å². The molecule has 0 unspecified atom stereocenters. The van der Waals surface area contributed by atoms with Gasteiger partial charge >= 0.3 is 12.1 Å².